The Morgan fingerprint density at radius 3 is 2.35 bits per heavy atom. The lowest BCUT2D eigenvalue weighted by Crippen LogP contribution is -2.31. The number of carbonyl (C=O) groups is 1. The summed E-state index contributed by atoms with van der Waals surface area (Å²) < 4.78 is 1.71. The molecule has 0 bridgehead atoms. The van der Waals surface area contributed by atoms with Crippen LogP contribution in [0.15, 0.2) is 54.7 Å². The van der Waals surface area contributed by atoms with E-state index in [-0.39, 0.29) is 5.88 Å². The number of aromatic nitrogens is 1. The first kappa shape index (κ1) is 15.2. The molecule has 4 heteroatoms. The third-order valence-corrected chi connectivity index (χ3v) is 4.66. The van der Waals surface area contributed by atoms with E-state index in [0.29, 0.717) is 6.42 Å². The Morgan fingerprint density at radius 2 is 1.78 bits per heavy atom. The molecule has 23 heavy (non-hydrogen) atoms. The summed E-state index contributed by atoms with van der Waals surface area (Å²) in [7, 11) is 0. The van der Waals surface area contributed by atoms with Gasteiger partial charge in [-0.05, 0) is 37.1 Å². The molecule has 2 N–H and O–H groups in total. The molecular formula is C19H19NO3. The highest BCUT2D eigenvalue weighted by Gasteiger charge is 2.33. The average molecular weight is 309 g/mol. The molecule has 2 aromatic carbocycles. The number of aliphatic carboxylic acids is 1. The highest BCUT2D eigenvalue weighted by atomic mass is 16.4. The van der Waals surface area contributed by atoms with Crippen LogP contribution in [0.25, 0.3) is 16.5 Å². The van der Waals surface area contributed by atoms with Crippen LogP contribution >= 0.6 is 0 Å². The second-order valence-electron chi connectivity index (χ2n) is 5.95. The Morgan fingerprint density at radius 1 is 1.13 bits per heavy atom. The SMILES string of the molecule is CCC(C)(C(=O)O)c1ccc(-n2cc3ccccc3c2O)cc1. The fraction of sp³-hybridized carbons (Fsp3) is 0.211. The van der Waals surface area contributed by atoms with E-state index in [1.165, 1.54) is 0 Å². The second-order valence-corrected chi connectivity index (χ2v) is 5.95. The molecule has 0 aliphatic carbocycles. The smallest absolute Gasteiger partial charge is 0.313 e. The first-order valence-corrected chi connectivity index (χ1v) is 7.60. The zero-order valence-corrected chi connectivity index (χ0v) is 13.2. The average Bonchev–Trinajstić information content (AvgIpc) is 2.91. The van der Waals surface area contributed by atoms with Gasteiger partial charge in [-0.25, -0.2) is 0 Å². The van der Waals surface area contributed by atoms with Gasteiger partial charge in [0.25, 0.3) is 0 Å². The van der Waals surface area contributed by atoms with E-state index in [9.17, 15) is 15.0 Å². The molecule has 0 aliphatic heterocycles. The fourth-order valence-electron chi connectivity index (χ4n) is 2.81. The van der Waals surface area contributed by atoms with E-state index in [0.717, 1.165) is 22.0 Å². The molecule has 0 spiro atoms. The lowest BCUT2D eigenvalue weighted by Gasteiger charge is -2.23. The Labute approximate surface area is 134 Å². The molecule has 0 amide bonds. The number of carboxylic acids is 1. The van der Waals surface area contributed by atoms with Gasteiger partial charge >= 0.3 is 5.97 Å². The number of carboxylic acid groups (broad SMARTS) is 1. The van der Waals surface area contributed by atoms with Crippen molar-refractivity contribution < 1.29 is 15.0 Å². The number of rotatable bonds is 4. The molecule has 3 aromatic rings. The lowest BCUT2D eigenvalue weighted by atomic mass is 9.80. The quantitative estimate of drug-likeness (QED) is 0.763. The Balaban J connectivity index is 2.05. The number of hydrogen-bond acceptors (Lipinski definition) is 2. The van der Waals surface area contributed by atoms with E-state index in [1.807, 2.05) is 61.7 Å². The first-order valence-electron chi connectivity index (χ1n) is 7.60. The Hall–Kier alpha value is -2.75. The van der Waals surface area contributed by atoms with Crippen molar-refractivity contribution in [1.82, 2.24) is 4.57 Å². The highest BCUT2D eigenvalue weighted by Crippen LogP contribution is 2.32. The molecule has 4 nitrogen and oxygen atoms in total. The predicted molar refractivity (Wildman–Crippen MR) is 90.2 cm³/mol. The minimum absolute atomic E-state index is 0.185. The van der Waals surface area contributed by atoms with Crippen LogP contribution in [0.2, 0.25) is 0 Å². The van der Waals surface area contributed by atoms with Crippen LogP contribution in [0.3, 0.4) is 0 Å². The van der Waals surface area contributed by atoms with Gasteiger partial charge in [-0.3, -0.25) is 9.36 Å². The monoisotopic (exact) mass is 309 g/mol. The van der Waals surface area contributed by atoms with E-state index >= 15 is 0 Å². The van der Waals surface area contributed by atoms with Crippen molar-refractivity contribution >= 4 is 16.7 Å². The maximum absolute atomic E-state index is 11.5. The molecule has 0 aliphatic rings. The molecule has 0 saturated carbocycles. The molecule has 1 atom stereocenters. The molecule has 1 unspecified atom stereocenters. The largest absolute Gasteiger partial charge is 0.494 e. The van der Waals surface area contributed by atoms with Gasteiger partial charge < -0.3 is 10.2 Å². The van der Waals surface area contributed by atoms with Gasteiger partial charge in [0.1, 0.15) is 0 Å². The molecule has 0 radical (unpaired) electrons. The van der Waals surface area contributed by atoms with E-state index in [1.54, 1.807) is 11.5 Å². The van der Waals surface area contributed by atoms with Crippen molar-refractivity contribution in [2.45, 2.75) is 25.7 Å². The minimum Gasteiger partial charge on any atom is -0.494 e. The lowest BCUT2D eigenvalue weighted by molar-refractivity contribution is -0.143. The van der Waals surface area contributed by atoms with E-state index < -0.39 is 11.4 Å². The summed E-state index contributed by atoms with van der Waals surface area (Å²) in [5, 5.41) is 21.6. The minimum atomic E-state index is -0.901. The van der Waals surface area contributed by atoms with Gasteiger partial charge in [-0.2, -0.15) is 0 Å². The number of nitrogens with zero attached hydrogens (tertiary/aromatic N) is 1. The number of fused-ring (bicyclic) bond motifs is 1. The highest BCUT2D eigenvalue weighted by molar-refractivity contribution is 5.88. The Bertz CT molecular complexity index is 864. The standard InChI is InChI=1S/C19H19NO3/c1-3-19(2,18(22)23)14-8-10-15(11-9-14)20-12-13-6-4-5-7-16(13)17(20)21/h4-12,21H,3H2,1-2H3,(H,22,23). The van der Waals surface area contributed by atoms with Crippen LogP contribution in [-0.2, 0) is 10.2 Å². The first-order chi connectivity index (χ1) is 11.0. The summed E-state index contributed by atoms with van der Waals surface area (Å²) in [5.41, 5.74) is 0.654. The molecular weight excluding hydrogens is 290 g/mol. The molecule has 0 saturated heterocycles. The van der Waals surface area contributed by atoms with Crippen LogP contribution in [0.5, 0.6) is 5.88 Å². The normalized spacial score (nSPS) is 13.8. The summed E-state index contributed by atoms with van der Waals surface area (Å²) in [6.07, 6.45) is 2.39. The van der Waals surface area contributed by atoms with Gasteiger partial charge in [0, 0.05) is 22.7 Å². The van der Waals surface area contributed by atoms with Gasteiger partial charge in [-0.1, -0.05) is 37.3 Å². The molecule has 3 rings (SSSR count). The molecule has 0 fully saturated rings. The summed E-state index contributed by atoms with van der Waals surface area (Å²) in [6, 6.07) is 14.9. The van der Waals surface area contributed by atoms with E-state index in [2.05, 4.69) is 0 Å². The number of benzene rings is 2. The topological polar surface area (TPSA) is 62.5 Å². The second kappa shape index (κ2) is 5.47. The van der Waals surface area contributed by atoms with E-state index in [4.69, 9.17) is 0 Å². The fourth-order valence-corrected chi connectivity index (χ4v) is 2.81. The van der Waals surface area contributed by atoms with Crippen molar-refractivity contribution in [3.8, 4) is 11.6 Å². The summed E-state index contributed by atoms with van der Waals surface area (Å²) in [6.45, 7) is 3.60. The van der Waals surface area contributed by atoms with Gasteiger partial charge in [-0.15, -0.1) is 0 Å². The van der Waals surface area contributed by atoms with Crippen molar-refractivity contribution in [3.63, 3.8) is 0 Å². The molecule has 1 aromatic heterocycles. The number of hydrogen-bond donors (Lipinski definition) is 2. The maximum Gasteiger partial charge on any atom is 0.313 e. The zero-order valence-electron chi connectivity index (χ0n) is 13.2. The third-order valence-electron chi connectivity index (χ3n) is 4.66. The zero-order chi connectivity index (χ0) is 16.6. The van der Waals surface area contributed by atoms with Crippen LogP contribution < -0.4 is 0 Å². The third kappa shape index (κ3) is 2.36. The molecule has 118 valence electrons. The maximum atomic E-state index is 11.5. The summed E-state index contributed by atoms with van der Waals surface area (Å²) in [4.78, 5) is 11.5. The van der Waals surface area contributed by atoms with Crippen molar-refractivity contribution in [2.24, 2.45) is 0 Å². The van der Waals surface area contributed by atoms with Crippen molar-refractivity contribution in [2.75, 3.05) is 0 Å². The summed E-state index contributed by atoms with van der Waals surface area (Å²) in [5.74, 6) is -0.646. The Kier molecular flexibility index (Phi) is 3.60. The van der Waals surface area contributed by atoms with Crippen LogP contribution in [-0.4, -0.2) is 20.7 Å². The van der Waals surface area contributed by atoms with Gasteiger partial charge in [0.2, 0.25) is 5.88 Å². The van der Waals surface area contributed by atoms with Gasteiger partial charge in [0.05, 0.1) is 5.41 Å². The van der Waals surface area contributed by atoms with Crippen molar-refractivity contribution in [3.05, 3.63) is 60.3 Å². The number of aromatic hydroxyl groups is 1. The van der Waals surface area contributed by atoms with Crippen LogP contribution in [0, 0.1) is 0 Å². The predicted octanol–water partition coefficient (Wildman–Crippen LogP) is 4.09. The van der Waals surface area contributed by atoms with Crippen LogP contribution in [0.1, 0.15) is 25.8 Å². The van der Waals surface area contributed by atoms with Crippen LogP contribution in [0.4, 0.5) is 0 Å². The summed E-state index contributed by atoms with van der Waals surface area (Å²) >= 11 is 0. The van der Waals surface area contributed by atoms with Crippen molar-refractivity contribution in [1.29, 1.82) is 0 Å². The van der Waals surface area contributed by atoms with Gasteiger partial charge in [0.15, 0.2) is 0 Å². The molecule has 1 heterocycles.